The van der Waals surface area contributed by atoms with E-state index in [4.69, 9.17) is 10.5 Å². The molecule has 1 amide bonds. The molecule has 1 aromatic rings. The summed E-state index contributed by atoms with van der Waals surface area (Å²) in [4.78, 5) is 40.6. The molecule has 1 saturated heterocycles. The second-order valence-electron chi connectivity index (χ2n) is 9.74. The topological polar surface area (TPSA) is 93.6 Å². The van der Waals surface area contributed by atoms with Crippen LogP contribution in [-0.2, 0) is 14.0 Å². The van der Waals surface area contributed by atoms with Gasteiger partial charge in [-0.05, 0) is 30.4 Å². The molecule has 0 radical (unpaired) electrons. The Morgan fingerprint density at radius 1 is 1.29 bits per heavy atom. The first-order valence-electron chi connectivity index (χ1n) is 11.7. The molecule has 1 aliphatic heterocycles. The van der Waals surface area contributed by atoms with Crippen LogP contribution in [0.5, 0.6) is 0 Å². The lowest BCUT2D eigenvalue weighted by Gasteiger charge is -2.48. The number of hydrogen-bond donors (Lipinski definition) is 1. The summed E-state index contributed by atoms with van der Waals surface area (Å²) in [6.07, 6.45) is 0.623. The average molecular weight is 455 g/mol. The summed E-state index contributed by atoms with van der Waals surface area (Å²) < 4.78 is 22.7. The number of nitrogens with zero attached hydrogens (tertiary/aromatic N) is 2. The van der Waals surface area contributed by atoms with Crippen LogP contribution in [0.25, 0.3) is 0 Å². The number of aryl methyl sites for hydroxylation is 1. The van der Waals surface area contributed by atoms with Crippen molar-refractivity contribution >= 4 is 14.2 Å². The predicted octanol–water partition coefficient (Wildman–Crippen LogP) is 3.17. The van der Waals surface area contributed by atoms with Gasteiger partial charge in [-0.3, -0.25) is 19.1 Å². The van der Waals surface area contributed by atoms with E-state index >= 15 is 0 Å². The molecule has 9 heteroatoms. The van der Waals surface area contributed by atoms with Gasteiger partial charge in [-0.1, -0.05) is 41.5 Å². The highest BCUT2D eigenvalue weighted by Crippen LogP contribution is 2.43. The molecule has 8 nitrogen and oxygen atoms in total. The Labute approximate surface area is 187 Å². The van der Waals surface area contributed by atoms with E-state index in [1.807, 2.05) is 0 Å². The monoisotopic (exact) mass is 454 g/mol. The second kappa shape index (κ2) is 9.42. The third-order valence-corrected chi connectivity index (χ3v) is 12.5. The maximum atomic E-state index is 12.5. The molecular weight excluding hydrogens is 414 g/mol. The first-order chi connectivity index (χ1) is 14.8. The zero-order chi connectivity index (χ0) is 24.4. The highest BCUT2D eigenvalue weighted by atomic mass is 28.4. The number of aromatic amines is 1. The summed E-state index contributed by atoms with van der Waals surface area (Å²) >= 11 is 0. The van der Waals surface area contributed by atoms with E-state index in [2.05, 4.69) is 46.5 Å². The highest BCUT2D eigenvalue weighted by Gasteiger charge is 2.48. The third-order valence-electron chi connectivity index (χ3n) is 6.44. The first-order valence-corrected chi connectivity index (χ1v) is 13.1. The summed E-state index contributed by atoms with van der Waals surface area (Å²) in [6.45, 7) is 16.6. The molecule has 1 aromatic heterocycles. The fourth-order valence-corrected chi connectivity index (χ4v) is 10.5. The van der Waals surface area contributed by atoms with Gasteiger partial charge in [0.15, 0.2) is 14.5 Å². The lowest BCUT2D eigenvalue weighted by Crippen LogP contribution is -2.59. The van der Waals surface area contributed by atoms with Crippen LogP contribution >= 0.6 is 0 Å². The van der Waals surface area contributed by atoms with Gasteiger partial charge in [-0.2, -0.15) is 0 Å². The Hall–Kier alpha value is -1.71. The summed E-state index contributed by atoms with van der Waals surface area (Å²) in [5.74, 6) is -0.162. The third kappa shape index (κ3) is 5.20. The number of carbonyl (C=O) groups excluding carboxylic acids is 1. The average Bonchev–Trinajstić information content (AvgIpc) is 2.70. The van der Waals surface area contributed by atoms with Gasteiger partial charge >= 0.3 is 5.69 Å². The second-order valence-corrected chi connectivity index (χ2v) is 15.2. The van der Waals surface area contributed by atoms with E-state index in [0.29, 0.717) is 22.2 Å². The number of amides is 1. The molecule has 2 heterocycles. The fourth-order valence-electron chi connectivity index (χ4n) is 4.98. The first kappa shape index (κ1) is 23.9. The molecular formula is C22H39N3O5Si. The normalized spacial score (nSPS) is 23.0. The minimum absolute atomic E-state index is 0.122. The SMILES string of the molecule is [2H]C[C@]1(CO[Si](C(C)C)(C(C)C)C(C)C)CN(C(C)=O)C[C@H](n2cc(C)c(=O)[nH]c2=O)O1. The van der Waals surface area contributed by atoms with Gasteiger partial charge < -0.3 is 14.1 Å². The maximum absolute atomic E-state index is 12.5. The number of aromatic nitrogens is 2. The Bertz CT molecular complexity index is 907. The van der Waals surface area contributed by atoms with Crippen LogP contribution in [0.1, 0.15) is 68.5 Å². The highest BCUT2D eigenvalue weighted by molar-refractivity contribution is 6.77. The molecule has 0 saturated carbocycles. The molecule has 0 unspecified atom stereocenters. The van der Waals surface area contributed by atoms with Crippen LogP contribution in [0.4, 0.5) is 0 Å². The van der Waals surface area contributed by atoms with Crippen molar-refractivity contribution in [3.63, 3.8) is 0 Å². The molecule has 1 aliphatic rings. The largest absolute Gasteiger partial charge is 0.413 e. The molecule has 0 bridgehead atoms. The quantitative estimate of drug-likeness (QED) is 0.639. The maximum Gasteiger partial charge on any atom is 0.330 e. The molecule has 2 atom stereocenters. The van der Waals surface area contributed by atoms with Gasteiger partial charge in [0.05, 0.1) is 19.7 Å². The van der Waals surface area contributed by atoms with E-state index in [1.165, 1.54) is 17.7 Å². The van der Waals surface area contributed by atoms with Gasteiger partial charge in [0.2, 0.25) is 5.91 Å². The molecule has 1 fully saturated rings. The van der Waals surface area contributed by atoms with Crippen LogP contribution in [0.2, 0.25) is 16.6 Å². The number of H-pyrrole nitrogens is 1. The van der Waals surface area contributed by atoms with Crippen molar-refractivity contribution in [2.75, 3.05) is 19.7 Å². The van der Waals surface area contributed by atoms with Gasteiger partial charge in [0.25, 0.3) is 5.56 Å². The Morgan fingerprint density at radius 3 is 2.35 bits per heavy atom. The Morgan fingerprint density at radius 2 is 1.87 bits per heavy atom. The zero-order valence-corrected chi connectivity index (χ0v) is 21.2. The van der Waals surface area contributed by atoms with Crippen molar-refractivity contribution in [3.05, 3.63) is 32.6 Å². The van der Waals surface area contributed by atoms with Gasteiger partial charge in [-0.15, -0.1) is 0 Å². The van der Waals surface area contributed by atoms with E-state index in [0.717, 1.165) is 0 Å². The van der Waals surface area contributed by atoms with E-state index in [1.54, 1.807) is 11.8 Å². The van der Waals surface area contributed by atoms with E-state index < -0.39 is 31.4 Å². The van der Waals surface area contributed by atoms with Crippen molar-refractivity contribution in [2.45, 2.75) is 90.7 Å². The number of ether oxygens (including phenoxy) is 1. The van der Waals surface area contributed by atoms with E-state index in [-0.39, 0.29) is 32.5 Å². The standard InChI is InChI=1S/C22H39N3O5Si/c1-14(2)31(15(3)4,16(5)6)29-13-22(9)12-24(18(8)26)11-19(30-22)25-10-17(7)20(27)23-21(25)28/h10,14-16,19H,11-13H2,1-9H3,(H,23,27,28)/t19-,22-/m1/s1/i9D. The molecule has 1 N–H and O–H groups in total. The Kier molecular flexibility index (Phi) is 7.27. The van der Waals surface area contributed by atoms with Crippen LogP contribution in [-0.4, -0.2) is 54.0 Å². The molecule has 176 valence electrons. The van der Waals surface area contributed by atoms with Crippen molar-refractivity contribution < 1.29 is 15.3 Å². The molecule has 0 aromatic carbocycles. The smallest absolute Gasteiger partial charge is 0.330 e. The van der Waals surface area contributed by atoms with Crippen LogP contribution in [0.15, 0.2) is 15.8 Å². The molecule has 2 rings (SSSR count). The fraction of sp³-hybridized carbons (Fsp3) is 0.773. The lowest BCUT2D eigenvalue weighted by atomic mass is 10.1. The minimum Gasteiger partial charge on any atom is -0.413 e. The van der Waals surface area contributed by atoms with Crippen molar-refractivity contribution in [1.82, 2.24) is 14.5 Å². The Balaban J connectivity index is 2.46. The van der Waals surface area contributed by atoms with Gasteiger partial charge in [-0.25, -0.2) is 4.79 Å². The van der Waals surface area contributed by atoms with Gasteiger partial charge in [0.1, 0.15) is 5.60 Å². The van der Waals surface area contributed by atoms with Crippen molar-refractivity contribution in [3.8, 4) is 0 Å². The lowest BCUT2D eigenvalue weighted by molar-refractivity contribution is -0.194. The minimum atomic E-state index is -2.24. The van der Waals surface area contributed by atoms with E-state index in [9.17, 15) is 14.4 Å². The number of nitrogens with one attached hydrogen (secondary N) is 1. The number of morpholine rings is 1. The number of carbonyl (C=O) groups is 1. The summed E-state index contributed by atoms with van der Waals surface area (Å²) in [6, 6.07) is 0. The predicted molar refractivity (Wildman–Crippen MR) is 124 cm³/mol. The molecule has 31 heavy (non-hydrogen) atoms. The van der Waals surface area contributed by atoms with Crippen molar-refractivity contribution in [2.24, 2.45) is 0 Å². The summed E-state index contributed by atoms with van der Waals surface area (Å²) in [5.41, 5.74) is -0.691. The molecule has 0 spiro atoms. The van der Waals surface area contributed by atoms with Crippen molar-refractivity contribution in [1.29, 1.82) is 0 Å². The number of rotatable bonds is 7. The summed E-state index contributed by atoms with van der Waals surface area (Å²) in [5, 5.41) is 0. The molecule has 0 aliphatic carbocycles. The van der Waals surface area contributed by atoms with Crippen LogP contribution in [0, 0.1) is 6.92 Å². The van der Waals surface area contributed by atoms with Crippen LogP contribution in [0.3, 0.4) is 0 Å². The number of hydrogen-bond acceptors (Lipinski definition) is 5. The van der Waals surface area contributed by atoms with Crippen LogP contribution < -0.4 is 11.2 Å². The summed E-state index contributed by atoms with van der Waals surface area (Å²) in [7, 11) is -2.24. The zero-order valence-electron chi connectivity index (χ0n) is 21.2. The van der Waals surface area contributed by atoms with Gasteiger partial charge in [0, 0.05) is 20.1 Å².